The number of H-pyrrole nitrogens is 1. The van der Waals surface area contributed by atoms with E-state index in [1.54, 1.807) is 0 Å². The van der Waals surface area contributed by atoms with Gasteiger partial charge in [-0.3, -0.25) is 4.79 Å². The lowest BCUT2D eigenvalue weighted by Gasteiger charge is -2.05. The molecule has 1 amide bonds. The fourth-order valence-corrected chi connectivity index (χ4v) is 2.83. The molecule has 0 radical (unpaired) electrons. The summed E-state index contributed by atoms with van der Waals surface area (Å²) in [6, 6.07) is 13.9. The van der Waals surface area contributed by atoms with Crippen LogP contribution in [0.3, 0.4) is 0 Å². The van der Waals surface area contributed by atoms with Crippen molar-refractivity contribution in [2.45, 2.75) is 19.8 Å². The quantitative estimate of drug-likeness (QED) is 0.730. The average molecular weight is 327 g/mol. The van der Waals surface area contributed by atoms with Crippen LogP contribution in [-0.2, 0) is 17.6 Å². The van der Waals surface area contributed by atoms with Crippen LogP contribution in [0.15, 0.2) is 48.7 Å². The third kappa shape index (κ3) is 3.93. The second-order valence-electron chi connectivity index (χ2n) is 5.77. The summed E-state index contributed by atoms with van der Waals surface area (Å²) in [6.45, 7) is 2.67. The number of carbonyl (C=O) groups is 1. The molecular weight excluding hydrogens is 308 g/mol. The third-order valence-corrected chi connectivity index (χ3v) is 4.17. The first kappa shape index (κ1) is 15.6. The number of aromatic nitrogens is 1. The Hall–Kier alpha value is -2.26. The lowest BCUT2D eigenvalue weighted by molar-refractivity contribution is -0.120. The molecule has 0 atom stereocenters. The number of nitrogens with one attached hydrogen (secondary N) is 2. The Morgan fingerprint density at radius 3 is 2.74 bits per heavy atom. The van der Waals surface area contributed by atoms with Gasteiger partial charge in [-0.2, -0.15) is 0 Å². The number of hydrogen-bond donors (Lipinski definition) is 2. The van der Waals surface area contributed by atoms with Crippen molar-refractivity contribution in [3.63, 3.8) is 0 Å². The summed E-state index contributed by atoms with van der Waals surface area (Å²) in [6.07, 6.45) is 3.19. The first-order valence-electron chi connectivity index (χ1n) is 7.69. The molecule has 0 unspecified atom stereocenters. The predicted octanol–water partition coefficient (Wildman–Crippen LogP) is 4.03. The highest BCUT2D eigenvalue weighted by atomic mass is 35.5. The molecule has 3 aromatic rings. The van der Waals surface area contributed by atoms with E-state index in [9.17, 15) is 4.79 Å². The maximum atomic E-state index is 12.0. The number of hydrogen-bond acceptors (Lipinski definition) is 1. The van der Waals surface area contributed by atoms with Gasteiger partial charge in [0.25, 0.3) is 0 Å². The SMILES string of the molecule is Cc1ccc(CC(=O)NCCc2c[nH]c3cc(Cl)ccc23)cc1. The number of aromatic amines is 1. The maximum Gasteiger partial charge on any atom is 0.224 e. The van der Waals surface area contributed by atoms with Gasteiger partial charge in [-0.25, -0.2) is 0 Å². The zero-order valence-corrected chi connectivity index (χ0v) is 13.8. The van der Waals surface area contributed by atoms with Gasteiger partial charge in [0.15, 0.2) is 0 Å². The monoisotopic (exact) mass is 326 g/mol. The van der Waals surface area contributed by atoms with Gasteiger partial charge < -0.3 is 10.3 Å². The Bertz CT molecular complexity index is 821. The van der Waals surface area contributed by atoms with Crippen LogP contribution in [0.2, 0.25) is 5.02 Å². The second kappa shape index (κ2) is 6.88. The highest BCUT2D eigenvalue weighted by molar-refractivity contribution is 6.31. The number of halogens is 1. The Morgan fingerprint density at radius 2 is 1.96 bits per heavy atom. The van der Waals surface area contributed by atoms with Gasteiger partial charge in [0, 0.05) is 28.7 Å². The van der Waals surface area contributed by atoms with E-state index in [2.05, 4.69) is 10.3 Å². The molecule has 23 heavy (non-hydrogen) atoms. The average Bonchev–Trinajstić information content (AvgIpc) is 2.92. The summed E-state index contributed by atoms with van der Waals surface area (Å²) < 4.78 is 0. The van der Waals surface area contributed by atoms with E-state index in [4.69, 9.17) is 11.6 Å². The molecular formula is C19H19ClN2O. The van der Waals surface area contributed by atoms with Gasteiger partial charge in [-0.15, -0.1) is 0 Å². The van der Waals surface area contributed by atoms with Crippen molar-refractivity contribution in [2.75, 3.05) is 6.54 Å². The van der Waals surface area contributed by atoms with Gasteiger partial charge in [-0.05, 0) is 36.6 Å². The molecule has 118 valence electrons. The van der Waals surface area contributed by atoms with E-state index in [-0.39, 0.29) is 5.91 Å². The van der Waals surface area contributed by atoms with Crippen LogP contribution in [0.1, 0.15) is 16.7 Å². The zero-order valence-electron chi connectivity index (χ0n) is 13.0. The Balaban J connectivity index is 1.54. The van der Waals surface area contributed by atoms with Crippen LogP contribution in [0.25, 0.3) is 10.9 Å². The topological polar surface area (TPSA) is 44.9 Å². The number of aryl methyl sites for hydroxylation is 1. The smallest absolute Gasteiger partial charge is 0.224 e. The van der Waals surface area contributed by atoms with Gasteiger partial charge >= 0.3 is 0 Å². The molecule has 0 bridgehead atoms. The van der Waals surface area contributed by atoms with E-state index in [1.165, 1.54) is 11.1 Å². The van der Waals surface area contributed by atoms with Crippen LogP contribution in [0, 0.1) is 6.92 Å². The minimum absolute atomic E-state index is 0.0525. The largest absolute Gasteiger partial charge is 0.361 e. The summed E-state index contributed by atoms with van der Waals surface area (Å²) >= 11 is 5.98. The Labute approximate surface area is 140 Å². The molecule has 4 heteroatoms. The van der Waals surface area contributed by atoms with Crippen molar-refractivity contribution in [1.82, 2.24) is 10.3 Å². The molecule has 0 aliphatic heterocycles. The van der Waals surface area contributed by atoms with E-state index in [1.807, 2.05) is 55.6 Å². The molecule has 0 aliphatic rings. The molecule has 0 saturated carbocycles. The van der Waals surface area contributed by atoms with Crippen molar-refractivity contribution >= 4 is 28.4 Å². The Morgan fingerprint density at radius 1 is 1.17 bits per heavy atom. The van der Waals surface area contributed by atoms with Crippen molar-refractivity contribution in [1.29, 1.82) is 0 Å². The van der Waals surface area contributed by atoms with Gasteiger partial charge in [-0.1, -0.05) is 47.5 Å². The fraction of sp³-hybridized carbons (Fsp3) is 0.211. The summed E-state index contributed by atoms with van der Waals surface area (Å²) in [7, 11) is 0. The van der Waals surface area contributed by atoms with E-state index in [0.29, 0.717) is 13.0 Å². The maximum absolute atomic E-state index is 12.0. The molecule has 3 rings (SSSR count). The second-order valence-corrected chi connectivity index (χ2v) is 6.20. The van der Waals surface area contributed by atoms with Crippen molar-refractivity contribution in [2.24, 2.45) is 0 Å². The molecule has 0 saturated heterocycles. The van der Waals surface area contributed by atoms with Gasteiger partial charge in [0.05, 0.1) is 6.42 Å². The number of carbonyl (C=O) groups excluding carboxylic acids is 1. The predicted molar refractivity (Wildman–Crippen MR) is 94.9 cm³/mol. The molecule has 1 aromatic heterocycles. The lowest BCUT2D eigenvalue weighted by atomic mass is 10.1. The van der Waals surface area contributed by atoms with Crippen LogP contribution < -0.4 is 5.32 Å². The molecule has 2 aromatic carbocycles. The molecule has 1 heterocycles. The zero-order chi connectivity index (χ0) is 16.2. The number of benzene rings is 2. The minimum Gasteiger partial charge on any atom is -0.361 e. The molecule has 2 N–H and O–H groups in total. The number of rotatable bonds is 5. The minimum atomic E-state index is 0.0525. The van der Waals surface area contributed by atoms with Crippen LogP contribution >= 0.6 is 11.6 Å². The number of fused-ring (bicyclic) bond motifs is 1. The molecule has 3 nitrogen and oxygen atoms in total. The molecule has 0 aliphatic carbocycles. The first-order chi connectivity index (χ1) is 11.1. The normalized spacial score (nSPS) is 10.9. The van der Waals surface area contributed by atoms with Crippen LogP contribution in [-0.4, -0.2) is 17.4 Å². The first-order valence-corrected chi connectivity index (χ1v) is 8.07. The van der Waals surface area contributed by atoms with Crippen LogP contribution in [0.5, 0.6) is 0 Å². The fourth-order valence-electron chi connectivity index (χ4n) is 2.66. The van der Waals surface area contributed by atoms with Gasteiger partial charge in [0.2, 0.25) is 5.91 Å². The Kier molecular flexibility index (Phi) is 4.68. The summed E-state index contributed by atoms with van der Waals surface area (Å²) in [5.41, 5.74) is 4.45. The summed E-state index contributed by atoms with van der Waals surface area (Å²) in [4.78, 5) is 15.2. The van der Waals surface area contributed by atoms with Crippen LogP contribution in [0.4, 0.5) is 0 Å². The number of amides is 1. The lowest BCUT2D eigenvalue weighted by Crippen LogP contribution is -2.27. The van der Waals surface area contributed by atoms with E-state index >= 15 is 0 Å². The van der Waals surface area contributed by atoms with E-state index in [0.717, 1.165) is 27.9 Å². The van der Waals surface area contributed by atoms with E-state index < -0.39 is 0 Å². The van der Waals surface area contributed by atoms with Crippen molar-refractivity contribution < 1.29 is 4.79 Å². The van der Waals surface area contributed by atoms with Crippen molar-refractivity contribution in [3.05, 3.63) is 70.4 Å². The van der Waals surface area contributed by atoms with Gasteiger partial charge in [0.1, 0.15) is 0 Å². The highest BCUT2D eigenvalue weighted by Gasteiger charge is 2.06. The summed E-state index contributed by atoms with van der Waals surface area (Å²) in [5, 5.41) is 4.86. The summed E-state index contributed by atoms with van der Waals surface area (Å²) in [5.74, 6) is 0.0525. The third-order valence-electron chi connectivity index (χ3n) is 3.93. The highest BCUT2D eigenvalue weighted by Crippen LogP contribution is 2.22. The van der Waals surface area contributed by atoms with Crippen molar-refractivity contribution in [3.8, 4) is 0 Å². The molecule has 0 spiro atoms. The molecule has 0 fully saturated rings. The standard InChI is InChI=1S/C19H19ClN2O/c1-13-2-4-14(5-3-13)10-19(23)21-9-8-15-12-22-18-11-16(20)6-7-17(15)18/h2-7,11-12,22H,8-10H2,1H3,(H,21,23).